The summed E-state index contributed by atoms with van der Waals surface area (Å²) in [5, 5.41) is 5.20. The van der Waals surface area contributed by atoms with Crippen LogP contribution in [0.2, 0.25) is 5.02 Å². The molecule has 0 saturated heterocycles. The molecule has 3 aromatic carbocycles. The number of ether oxygens (including phenoxy) is 1. The van der Waals surface area contributed by atoms with Crippen molar-refractivity contribution in [3.8, 4) is 5.75 Å². The van der Waals surface area contributed by atoms with Crippen molar-refractivity contribution in [3.05, 3.63) is 100 Å². The van der Waals surface area contributed by atoms with Crippen LogP contribution < -0.4 is 10.1 Å². The predicted molar refractivity (Wildman–Crippen MR) is 121 cm³/mol. The number of nitrogens with one attached hydrogen (secondary N) is 1. The minimum absolute atomic E-state index is 0.318. The Hall–Kier alpha value is -2.82. The first-order valence-electron chi connectivity index (χ1n) is 9.99. The Kier molecular flexibility index (Phi) is 6.36. The topological polar surface area (TPSA) is 26.2 Å². The molecule has 0 aliphatic rings. The van der Waals surface area contributed by atoms with Crippen LogP contribution >= 0.6 is 11.6 Å². The van der Waals surface area contributed by atoms with Crippen LogP contribution in [0.5, 0.6) is 5.75 Å². The first-order chi connectivity index (χ1) is 14.7. The number of fused-ring (bicyclic) bond motifs is 1. The summed E-state index contributed by atoms with van der Waals surface area (Å²) in [6.45, 7) is 2.21. The molecule has 0 amide bonds. The summed E-state index contributed by atoms with van der Waals surface area (Å²) in [7, 11) is 1.70. The molecule has 30 heavy (non-hydrogen) atoms. The summed E-state index contributed by atoms with van der Waals surface area (Å²) in [6, 6.07) is 21.0. The molecule has 154 valence electrons. The second kappa shape index (κ2) is 9.33. The van der Waals surface area contributed by atoms with Gasteiger partial charge in [-0.25, -0.2) is 4.39 Å². The highest BCUT2D eigenvalue weighted by Gasteiger charge is 2.10. The fourth-order valence-corrected chi connectivity index (χ4v) is 4.01. The molecule has 0 aliphatic heterocycles. The molecule has 4 rings (SSSR count). The number of methoxy groups -OCH3 is 1. The Bertz CT molecular complexity index is 1160. The lowest BCUT2D eigenvalue weighted by Gasteiger charge is -2.09. The van der Waals surface area contributed by atoms with Crippen LogP contribution in [0.25, 0.3) is 10.9 Å². The van der Waals surface area contributed by atoms with Crippen molar-refractivity contribution >= 4 is 22.5 Å². The molecular formula is C25H24ClFN2O. The van der Waals surface area contributed by atoms with Crippen LogP contribution in [0.15, 0.2) is 72.9 Å². The van der Waals surface area contributed by atoms with Crippen LogP contribution in [0.4, 0.5) is 4.39 Å². The van der Waals surface area contributed by atoms with Crippen LogP contribution in [-0.2, 0) is 19.5 Å². The summed E-state index contributed by atoms with van der Waals surface area (Å²) in [5.41, 5.74) is 4.46. The predicted octanol–water partition coefficient (Wildman–Crippen LogP) is 5.82. The maximum atomic E-state index is 13.4. The zero-order valence-electron chi connectivity index (χ0n) is 16.9. The van der Waals surface area contributed by atoms with Crippen LogP contribution in [0, 0.1) is 5.82 Å². The molecule has 1 aromatic heterocycles. The SMILES string of the molecule is COc1ccccc1CCNCc1cn(Cc2ccc(F)cc2Cl)c2ccccc12. The molecule has 0 bridgehead atoms. The Morgan fingerprint density at radius 1 is 0.967 bits per heavy atom. The third-order valence-corrected chi connectivity index (χ3v) is 5.66. The molecule has 0 saturated carbocycles. The molecule has 4 aromatic rings. The number of nitrogens with zero attached hydrogens (tertiary/aromatic N) is 1. The monoisotopic (exact) mass is 422 g/mol. The third kappa shape index (κ3) is 4.50. The van der Waals surface area contributed by atoms with Gasteiger partial charge in [-0.1, -0.05) is 54.1 Å². The minimum Gasteiger partial charge on any atom is -0.496 e. The molecule has 3 nitrogen and oxygen atoms in total. The largest absolute Gasteiger partial charge is 0.496 e. The van der Waals surface area contributed by atoms with E-state index in [-0.39, 0.29) is 5.82 Å². The van der Waals surface area contributed by atoms with Crippen LogP contribution in [0.3, 0.4) is 0 Å². The molecule has 0 unspecified atom stereocenters. The summed E-state index contributed by atoms with van der Waals surface area (Å²) in [5.74, 6) is 0.605. The lowest BCUT2D eigenvalue weighted by atomic mass is 10.1. The third-order valence-electron chi connectivity index (χ3n) is 5.31. The molecule has 0 spiro atoms. The number of hydrogen-bond donors (Lipinski definition) is 1. The fraction of sp³-hybridized carbons (Fsp3) is 0.200. The van der Waals surface area contributed by atoms with Gasteiger partial charge in [-0.3, -0.25) is 0 Å². The first-order valence-corrected chi connectivity index (χ1v) is 10.4. The van der Waals surface area contributed by atoms with Crippen LogP contribution in [-0.4, -0.2) is 18.2 Å². The van der Waals surface area contributed by atoms with Gasteiger partial charge in [0.25, 0.3) is 0 Å². The van der Waals surface area contributed by atoms with Gasteiger partial charge in [-0.2, -0.15) is 0 Å². The first kappa shape index (κ1) is 20.5. The second-order valence-corrected chi connectivity index (χ2v) is 7.68. The number of aromatic nitrogens is 1. The second-order valence-electron chi connectivity index (χ2n) is 7.27. The van der Waals surface area contributed by atoms with Gasteiger partial charge in [0.1, 0.15) is 11.6 Å². The highest BCUT2D eigenvalue weighted by atomic mass is 35.5. The van der Waals surface area contributed by atoms with E-state index in [0.717, 1.165) is 36.3 Å². The molecule has 0 radical (unpaired) electrons. The lowest BCUT2D eigenvalue weighted by molar-refractivity contribution is 0.409. The van der Waals surface area contributed by atoms with Crippen molar-refractivity contribution in [1.29, 1.82) is 0 Å². The van der Waals surface area contributed by atoms with Gasteiger partial charge in [0, 0.05) is 35.2 Å². The van der Waals surface area contributed by atoms with Gasteiger partial charge in [0.15, 0.2) is 0 Å². The zero-order valence-corrected chi connectivity index (χ0v) is 17.6. The van der Waals surface area contributed by atoms with E-state index in [2.05, 4.69) is 40.3 Å². The summed E-state index contributed by atoms with van der Waals surface area (Å²) < 4.78 is 21.0. The Balaban J connectivity index is 1.48. The molecule has 1 heterocycles. The van der Waals surface area contributed by atoms with E-state index in [9.17, 15) is 4.39 Å². The van der Waals surface area contributed by atoms with Gasteiger partial charge < -0.3 is 14.6 Å². The highest BCUT2D eigenvalue weighted by Crippen LogP contribution is 2.25. The molecule has 0 fully saturated rings. The summed E-state index contributed by atoms with van der Waals surface area (Å²) in [6.07, 6.45) is 3.05. The van der Waals surface area contributed by atoms with Crippen molar-refractivity contribution in [1.82, 2.24) is 9.88 Å². The van der Waals surface area contributed by atoms with E-state index in [4.69, 9.17) is 16.3 Å². The molecule has 1 N–H and O–H groups in total. The zero-order chi connectivity index (χ0) is 20.9. The van der Waals surface area contributed by atoms with Gasteiger partial charge in [-0.05, 0) is 53.9 Å². The summed E-state index contributed by atoms with van der Waals surface area (Å²) in [4.78, 5) is 0. The number of halogens is 2. The van der Waals surface area contributed by atoms with Crippen LogP contribution in [0.1, 0.15) is 16.7 Å². The van der Waals surface area contributed by atoms with E-state index in [1.807, 2.05) is 24.3 Å². The van der Waals surface area contributed by atoms with E-state index >= 15 is 0 Å². The van der Waals surface area contributed by atoms with Gasteiger partial charge in [0.2, 0.25) is 0 Å². The molecule has 5 heteroatoms. The normalized spacial score (nSPS) is 11.2. The Morgan fingerprint density at radius 3 is 2.60 bits per heavy atom. The van der Waals surface area contributed by atoms with Gasteiger partial charge in [0.05, 0.1) is 7.11 Å². The average Bonchev–Trinajstić information content (AvgIpc) is 3.11. The van der Waals surface area contributed by atoms with Crippen molar-refractivity contribution in [2.45, 2.75) is 19.5 Å². The Morgan fingerprint density at radius 2 is 1.77 bits per heavy atom. The van der Waals surface area contributed by atoms with E-state index < -0.39 is 0 Å². The van der Waals surface area contributed by atoms with Gasteiger partial charge >= 0.3 is 0 Å². The maximum Gasteiger partial charge on any atom is 0.124 e. The minimum atomic E-state index is -0.318. The fourth-order valence-electron chi connectivity index (χ4n) is 3.78. The average molecular weight is 423 g/mol. The molecule has 0 aliphatic carbocycles. The quantitative estimate of drug-likeness (QED) is 0.362. The van der Waals surface area contributed by atoms with Crippen molar-refractivity contribution < 1.29 is 9.13 Å². The van der Waals surface area contributed by atoms with Crippen molar-refractivity contribution in [3.63, 3.8) is 0 Å². The number of rotatable bonds is 8. The smallest absolute Gasteiger partial charge is 0.124 e. The molecular weight excluding hydrogens is 399 g/mol. The number of benzene rings is 3. The van der Waals surface area contributed by atoms with Crippen molar-refractivity contribution in [2.24, 2.45) is 0 Å². The lowest BCUT2D eigenvalue weighted by Crippen LogP contribution is -2.16. The number of hydrogen-bond acceptors (Lipinski definition) is 2. The van der Waals surface area contributed by atoms with Crippen molar-refractivity contribution in [2.75, 3.05) is 13.7 Å². The number of para-hydroxylation sites is 2. The summed E-state index contributed by atoms with van der Waals surface area (Å²) >= 11 is 6.25. The van der Waals surface area contributed by atoms with E-state index in [1.54, 1.807) is 13.2 Å². The Labute approximate surface area is 181 Å². The molecule has 0 atom stereocenters. The van der Waals surface area contributed by atoms with E-state index in [0.29, 0.717) is 11.6 Å². The van der Waals surface area contributed by atoms with Gasteiger partial charge in [-0.15, -0.1) is 0 Å². The maximum absolute atomic E-state index is 13.4. The highest BCUT2D eigenvalue weighted by molar-refractivity contribution is 6.31. The standard InChI is InChI=1S/C25H24ClFN2O/c1-30-25-9-5-2-6-18(25)12-13-28-15-20-17-29(24-8-4-3-7-22(20)24)16-19-10-11-21(27)14-23(19)26/h2-11,14,17,28H,12-13,15-16H2,1H3. The van der Waals surface area contributed by atoms with E-state index in [1.165, 1.54) is 28.6 Å².